The van der Waals surface area contributed by atoms with Gasteiger partial charge in [0.15, 0.2) is 5.71 Å². The lowest BCUT2D eigenvalue weighted by Crippen LogP contribution is -2.22. The molecule has 0 fully saturated rings. The maximum atomic E-state index is 12.5. The van der Waals surface area contributed by atoms with Crippen LogP contribution in [0.5, 0.6) is 0 Å². The van der Waals surface area contributed by atoms with E-state index in [2.05, 4.69) is 9.99 Å². The number of oxime groups is 1. The van der Waals surface area contributed by atoms with Crippen LogP contribution in [0.25, 0.3) is 11.1 Å². The Labute approximate surface area is 115 Å². The fourth-order valence-electron chi connectivity index (χ4n) is 2.29. The number of hydrogen-bond acceptors (Lipinski definition) is 4. The quantitative estimate of drug-likeness (QED) is 0.588. The number of benzene rings is 2. The number of carbonyl (C=O) groups is 2. The summed E-state index contributed by atoms with van der Waals surface area (Å²) in [7, 11) is 0. The first-order valence-corrected chi connectivity index (χ1v) is 6.17. The van der Waals surface area contributed by atoms with Crippen LogP contribution in [0.2, 0.25) is 0 Å². The molecule has 1 aliphatic carbocycles. The molecule has 2 aromatic carbocycles. The van der Waals surface area contributed by atoms with Crippen molar-refractivity contribution in [2.45, 2.75) is 6.92 Å². The van der Waals surface area contributed by atoms with E-state index in [-0.39, 0.29) is 11.5 Å². The predicted octanol–water partition coefficient (Wildman–Crippen LogP) is 2.82. The van der Waals surface area contributed by atoms with Gasteiger partial charge in [0.25, 0.3) is 0 Å². The third-order valence-electron chi connectivity index (χ3n) is 3.12. The zero-order chi connectivity index (χ0) is 14.1. The fraction of sp³-hybridized carbons (Fsp3) is 0.0625. The fourth-order valence-corrected chi connectivity index (χ4v) is 2.29. The molecule has 0 atom stereocenters. The second-order valence-electron chi connectivity index (χ2n) is 4.44. The average molecular weight is 265 g/mol. The molecule has 2 aromatic rings. The highest BCUT2D eigenvalue weighted by molar-refractivity contribution is 6.54. The van der Waals surface area contributed by atoms with Gasteiger partial charge in [-0.15, -0.1) is 0 Å². The summed E-state index contributed by atoms with van der Waals surface area (Å²) in [5, 5.41) is 3.72. The van der Waals surface area contributed by atoms with Crippen molar-refractivity contribution in [2.24, 2.45) is 5.16 Å². The highest BCUT2D eigenvalue weighted by Gasteiger charge is 2.28. The molecule has 0 N–H and O–H groups in total. The number of hydrogen-bond donors (Lipinski definition) is 0. The third-order valence-corrected chi connectivity index (χ3v) is 3.12. The number of carbonyl (C=O) groups excluding carboxylic acids is 2. The van der Waals surface area contributed by atoms with Crippen molar-refractivity contribution in [1.82, 2.24) is 0 Å². The van der Waals surface area contributed by atoms with Crippen LogP contribution >= 0.6 is 0 Å². The van der Waals surface area contributed by atoms with Gasteiger partial charge in [0.05, 0.1) is 0 Å². The lowest BCUT2D eigenvalue weighted by molar-refractivity contribution is -0.140. The Kier molecular flexibility index (Phi) is 2.91. The summed E-state index contributed by atoms with van der Waals surface area (Å²) in [4.78, 5) is 28.0. The molecule has 0 saturated heterocycles. The zero-order valence-electron chi connectivity index (χ0n) is 10.8. The van der Waals surface area contributed by atoms with E-state index in [1.54, 1.807) is 18.2 Å². The van der Waals surface area contributed by atoms with Crippen molar-refractivity contribution >= 4 is 17.5 Å². The summed E-state index contributed by atoms with van der Waals surface area (Å²) in [5.41, 5.74) is 3.19. The van der Waals surface area contributed by atoms with E-state index in [1.807, 2.05) is 30.3 Å². The first-order chi connectivity index (χ1) is 9.68. The van der Waals surface area contributed by atoms with Gasteiger partial charge in [-0.05, 0) is 11.1 Å². The molecule has 0 amide bonds. The molecule has 4 nitrogen and oxygen atoms in total. The Hall–Kier alpha value is -2.75. The van der Waals surface area contributed by atoms with E-state index in [4.69, 9.17) is 0 Å². The van der Waals surface area contributed by atoms with Gasteiger partial charge in [-0.3, -0.25) is 4.79 Å². The molecule has 4 heteroatoms. The van der Waals surface area contributed by atoms with Gasteiger partial charge in [0.1, 0.15) is 0 Å². The Balaban J connectivity index is 2.24. The predicted molar refractivity (Wildman–Crippen MR) is 74.5 cm³/mol. The van der Waals surface area contributed by atoms with E-state index < -0.39 is 5.97 Å². The molecule has 3 rings (SSSR count). The van der Waals surface area contributed by atoms with Crippen LogP contribution in [0.1, 0.15) is 22.8 Å². The molecule has 0 saturated carbocycles. The number of rotatable bonds is 1. The van der Waals surface area contributed by atoms with Gasteiger partial charge in [0.2, 0.25) is 5.78 Å². The average Bonchev–Trinajstić information content (AvgIpc) is 2.47. The van der Waals surface area contributed by atoms with Gasteiger partial charge in [0, 0.05) is 18.1 Å². The number of fused-ring (bicyclic) bond motifs is 3. The summed E-state index contributed by atoms with van der Waals surface area (Å²) in [6.45, 7) is 1.25. The normalized spacial score (nSPS) is 14.7. The van der Waals surface area contributed by atoms with E-state index in [0.29, 0.717) is 11.1 Å². The number of Topliss-reactive ketones (excluding diaryl/α,β-unsaturated/α-hetero) is 1. The second kappa shape index (κ2) is 4.74. The summed E-state index contributed by atoms with van der Waals surface area (Å²) in [5.74, 6) is -0.790. The molecule has 0 heterocycles. The summed E-state index contributed by atoms with van der Waals surface area (Å²) in [6, 6.07) is 14.8. The summed E-state index contributed by atoms with van der Waals surface area (Å²) < 4.78 is 0. The monoisotopic (exact) mass is 265 g/mol. The van der Waals surface area contributed by atoms with Crippen LogP contribution in [0, 0.1) is 0 Å². The topological polar surface area (TPSA) is 55.7 Å². The first kappa shape index (κ1) is 12.3. The molecule has 20 heavy (non-hydrogen) atoms. The minimum absolute atomic E-state index is 0.162. The van der Waals surface area contributed by atoms with Crippen LogP contribution in [0.4, 0.5) is 0 Å². The molecule has 0 aliphatic heterocycles. The van der Waals surface area contributed by atoms with Crippen molar-refractivity contribution in [3.63, 3.8) is 0 Å². The van der Waals surface area contributed by atoms with Gasteiger partial charge >= 0.3 is 5.97 Å². The maximum absolute atomic E-state index is 12.5. The van der Waals surface area contributed by atoms with Gasteiger partial charge in [-0.25, -0.2) is 4.79 Å². The van der Waals surface area contributed by atoms with Crippen molar-refractivity contribution in [3.05, 3.63) is 59.7 Å². The number of nitrogens with zero attached hydrogens (tertiary/aromatic N) is 1. The highest BCUT2D eigenvalue weighted by atomic mass is 16.7. The summed E-state index contributed by atoms with van der Waals surface area (Å²) in [6.07, 6.45) is 0. The largest absolute Gasteiger partial charge is 0.332 e. The zero-order valence-corrected chi connectivity index (χ0v) is 10.8. The molecule has 98 valence electrons. The molecule has 0 bridgehead atoms. The van der Waals surface area contributed by atoms with Crippen LogP contribution in [0.15, 0.2) is 53.7 Å². The molecular weight excluding hydrogens is 254 g/mol. The van der Waals surface area contributed by atoms with Gasteiger partial charge in [-0.2, -0.15) is 0 Å². The Morgan fingerprint density at radius 1 is 0.900 bits per heavy atom. The minimum atomic E-state index is -0.554. The number of ketones is 1. The Morgan fingerprint density at radius 3 is 2.00 bits per heavy atom. The van der Waals surface area contributed by atoms with Crippen molar-refractivity contribution < 1.29 is 14.4 Å². The molecular formula is C16H11NO3. The minimum Gasteiger partial charge on any atom is -0.318 e. The Bertz CT molecular complexity index is 747. The van der Waals surface area contributed by atoms with Crippen molar-refractivity contribution in [2.75, 3.05) is 0 Å². The molecule has 1 aliphatic rings. The van der Waals surface area contributed by atoms with Crippen LogP contribution in [0.3, 0.4) is 0 Å². The SMILES string of the molecule is CC(=O)O/N=C1/C(=O)c2ccccc2-c2ccccc21. The van der Waals surface area contributed by atoms with Crippen LogP contribution < -0.4 is 0 Å². The maximum Gasteiger partial charge on any atom is 0.332 e. The second-order valence-corrected chi connectivity index (χ2v) is 4.44. The van der Waals surface area contributed by atoms with Gasteiger partial charge < -0.3 is 4.84 Å². The third kappa shape index (κ3) is 1.91. The molecule has 0 radical (unpaired) electrons. The van der Waals surface area contributed by atoms with Crippen LogP contribution in [-0.4, -0.2) is 17.5 Å². The lowest BCUT2D eigenvalue weighted by atomic mass is 9.83. The van der Waals surface area contributed by atoms with E-state index in [0.717, 1.165) is 11.1 Å². The molecule has 0 spiro atoms. The van der Waals surface area contributed by atoms with Gasteiger partial charge in [-0.1, -0.05) is 53.7 Å². The molecule has 0 unspecified atom stereocenters. The summed E-state index contributed by atoms with van der Waals surface area (Å²) >= 11 is 0. The highest BCUT2D eigenvalue weighted by Crippen LogP contribution is 2.33. The molecule has 0 aromatic heterocycles. The van der Waals surface area contributed by atoms with E-state index in [9.17, 15) is 9.59 Å². The smallest absolute Gasteiger partial charge is 0.318 e. The van der Waals surface area contributed by atoms with Crippen molar-refractivity contribution in [3.8, 4) is 11.1 Å². The van der Waals surface area contributed by atoms with Crippen LogP contribution in [-0.2, 0) is 9.63 Å². The van der Waals surface area contributed by atoms with E-state index >= 15 is 0 Å². The lowest BCUT2D eigenvalue weighted by Gasteiger charge is -2.19. The van der Waals surface area contributed by atoms with E-state index in [1.165, 1.54) is 6.92 Å². The first-order valence-electron chi connectivity index (χ1n) is 6.17. The standard InChI is InChI=1S/C16H11NO3/c1-10(18)20-17-15-13-8-4-2-6-11(13)12-7-3-5-9-14(12)16(15)19/h2-9H,1H3/b17-15+. The van der Waals surface area contributed by atoms with Crippen molar-refractivity contribution in [1.29, 1.82) is 0 Å². The Morgan fingerprint density at radius 2 is 1.40 bits per heavy atom.